The molecule has 1 atom stereocenters. The average Bonchev–Trinajstić information content (AvgIpc) is 3.07. The number of halogens is 2. The number of amides is 1. The van der Waals surface area contributed by atoms with Crippen molar-refractivity contribution in [3.63, 3.8) is 0 Å². The van der Waals surface area contributed by atoms with Crippen molar-refractivity contribution in [3.8, 4) is 0 Å². The van der Waals surface area contributed by atoms with Crippen molar-refractivity contribution in [1.82, 2.24) is 19.7 Å². The summed E-state index contributed by atoms with van der Waals surface area (Å²) in [6, 6.07) is -0.547. The van der Waals surface area contributed by atoms with Crippen molar-refractivity contribution >= 4 is 23.4 Å². The Kier molecular flexibility index (Phi) is 4.66. The molecule has 1 amide bonds. The van der Waals surface area contributed by atoms with Crippen molar-refractivity contribution in [2.24, 2.45) is 5.92 Å². The first-order valence-electron chi connectivity index (χ1n) is 9.71. The van der Waals surface area contributed by atoms with Crippen LogP contribution in [0.15, 0.2) is 12.4 Å². The Morgan fingerprint density at radius 2 is 2.07 bits per heavy atom. The number of aryl methyl sites for hydroxylation is 1. The Labute approximate surface area is 167 Å². The van der Waals surface area contributed by atoms with Crippen molar-refractivity contribution in [2.45, 2.75) is 58.2 Å². The van der Waals surface area contributed by atoms with Crippen molar-refractivity contribution in [3.05, 3.63) is 23.7 Å². The third-order valence-corrected chi connectivity index (χ3v) is 5.52. The predicted octanol–water partition coefficient (Wildman–Crippen LogP) is 2.98. The van der Waals surface area contributed by atoms with E-state index < -0.39 is 5.92 Å². The maximum Gasteiger partial charge on any atom is 0.252 e. The van der Waals surface area contributed by atoms with Gasteiger partial charge in [-0.1, -0.05) is 13.8 Å². The van der Waals surface area contributed by atoms with Gasteiger partial charge in [-0.05, 0) is 12.8 Å². The molecule has 0 bridgehead atoms. The highest BCUT2D eigenvalue weighted by molar-refractivity contribution is 6.03. The lowest BCUT2D eigenvalue weighted by Crippen LogP contribution is -2.49. The molecule has 0 radical (unpaired) electrons. The molecule has 0 unspecified atom stereocenters. The van der Waals surface area contributed by atoms with Crippen LogP contribution < -0.4 is 15.5 Å². The Morgan fingerprint density at radius 1 is 1.34 bits per heavy atom. The summed E-state index contributed by atoms with van der Waals surface area (Å²) < 4.78 is 27.7. The van der Waals surface area contributed by atoms with Crippen LogP contribution >= 0.6 is 0 Å². The summed E-state index contributed by atoms with van der Waals surface area (Å²) in [5.74, 6) is -1.39. The molecule has 2 aromatic heterocycles. The van der Waals surface area contributed by atoms with Crippen LogP contribution in [0.5, 0.6) is 0 Å². The number of rotatable bonds is 5. The molecule has 1 fully saturated rings. The number of likely N-dealkylation sites (N-methyl/N-ethyl adjacent to an activating group) is 1. The van der Waals surface area contributed by atoms with Gasteiger partial charge in [-0.15, -0.1) is 0 Å². The Balaban J connectivity index is 1.48. The minimum atomic E-state index is -2.57. The Hall–Kier alpha value is -2.78. The first-order chi connectivity index (χ1) is 13.6. The highest BCUT2D eigenvalue weighted by Gasteiger charge is 2.46. The quantitative estimate of drug-likeness (QED) is 0.795. The molecule has 8 nitrogen and oxygen atoms in total. The van der Waals surface area contributed by atoms with Crippen LogP contribution in [0.4, 0.5) is 26.2 Å². The normalized spacial score (nSPS) is 21.0. The van der Waals surface area contributed by atoms with Crippen LogP contribution in [0.1, 0.15) is 44.0 Å². The molecule has 0 spiro atoms. The molecule has 1 aliphatic carbocycles. The summed E-state index contributed by atoms with van der Waals surface area (Å²) in [5.41, 5.74) is 2.16. The zero-order chi connectivity index (χ0) is 20.9. The monoisotopic (exact) mass is 405 g/mol. The lowest BCUT2D eigenvalue weighted by molar-refractivity contribution is -0.118. The molecule has 1 saturated carbocycles. The third-order valence-electron chi connectivity index (χ3n) is 5.52. The first-order valence-corrected chi connectivity index (χ1v) is 9.71. The second kappa shape index (κ2) is 6.93. The fourth-order valence-corrected chi connectivity index (χ4v) is 3.96. The lowest BCUT2D eigenvalue weighted by Gasteiger charge is -2.36. The predicted molar refractivity (Wildman–Crippen MR) is 105 cm³/mol. The van der Waals surface area contributed by atoms with Gasteiger partial charge in [-0.25, -0.2) is 13.8 Å². The Morgan fingerprint density at radius 3 is 2.72 bits per heavy atom. The van der Waals surface area contributed by atoms with Gasteiger partial charge in [-0.3, -0.25) is 9.48 Å². The van der Waals surface area contributed by atoms with Gasteiger partial charge in [0.25, 0.3) is 5.92 Å². The number of hydrogen-bond donors (Lipinski definition) is 2. The summed E-state index contributed by atoms with van der Waals surface area (Å²) >= 11 is 0. The van der Waals surface area contributed by atoms with E-state index in [-0.39, 0.29) is 36.8 Å². The molecule has 3 heterocycles. The van der Waals surface area contributed by atoms with Crippen molar-refractivity contribution in [1.29, 1.82) is 0 Å². The maximum atomic E-state index is 13.1. The van der Waals surface area contributed by atoms with Crippen LogP contribution in [0, 0.1) is 12.8 Å². The molecule has 4 rings (SSSR count). The van der Waals surface area contributed by atoms with E-state index in [1.807, 2.05) is 32.7 Å². The van der Waals surface area contributed by atoms with Crippen LogP contribution in [0.2, 0.25) is 0 Å². The fourth-order valence-electron chi connectivity index (χ4n) is 3.96. The molecule has 0 aromatic carbocycles. The average molecular weight is 405 g/mol. The minimum absolute atomic E-state index is 0.0589. The molecule has 0 saturated heterocycles. The molecule has 29 heavy (non-hydrogen) atoms. The molecular formula is C19H25F2N7O. The molecule has 2 aliphatic rings. The fraction of sp³-hybridized carbons (Fsp3) is 0.579. The number of carbonyl (C=O) groups is 1. The number of anilines is 3. The zero-order valence-electron chi connectivity index (χ0n) is 16.9. The summed E-state index contributed by atoms with van der Waals surface area (Å²) in [6.45, 7) is 6.23. The number of nitrogens with zero attached hydrogens (tertiary/aromatic N) is 5. The van der Waals surface area contributed by atoms with Crippen molar-refractivity contribution in [2.75, 3.05) is 22.6 Å². The van der Waals surface area contributed by atoms with Crippen molar-refractivity contribution < 1.29 is 13.6 Å². The van der Waals surface area contributed by atoms with Gasteiger partial charge >= 0.3 is 0 Å². The first kappa shape index (κ1) is 19.5. The molecule has 2 N–H and O–H groups in total. The summed E-state index contributed by atoms with van der Waals surface area (Å²) in [6.07, 6.45) is 3.11. The standard InChI is InChI=1S/C19H25F2N7O/c1-10(2)15-17(29)25-14-11(3)24-18(26-16(14)27(15)4)22-7-12-8-23-28(9-12)13-5-19(20,21)6-13/h8-10,13,15H,5-7H2,1-4H3,(H,25,29)(H,22,24,26)/t15-/m0/s1. The number of aromatic nitrogens is 4. The third kappa shape index (κ3) is 3.63. The van der Waals surface area contributed by atoms with Gasteiger partial charge in [0.05, 0.1) is 17.9 Å². The second-order valence-corrected chi connectivity index (χ2v) is 8.22. The van der Waals surface area contributed by atoms with Gasteiger partial charge in [-0.2, -0.15) is 10.1 Å². The van der Waals surface area contributed by atoms with E-state index in [1.165, 1.54) is 0 Å². The number of hydrogen-bond acceptors (Lipinski definition) is 6. The topological polar surface area (TPSA) is 88.0 Å². The van der Waals surface area contributed by atoms with E-state index in [2.05, 4.69) is 25.7 Å². The number of fused-ring (bicyclic) bond motifs is 1. The Bertz CT molecular complexity index is 935. The maximum absolute atomic E-state index is 13.1. The highest BCUT2D eigenvalue weighted by atomic mass is 19.3. The van der Waals surface area contributed by atoms with Gasteiger partial charge in [0.2, 0.25) is 11.9 Å². The van der Waals surface area contributed by atoms with E-state index >= 15 is 0 Å². The summed E-state index contributed by atoms with van der Waals surface area (Å²) in [7, 11) is 1.86. The van der Waals surface area contributed by atoms with E-state index in [0.29, 0.717) is 29.7 Å². The molecule has 10 heteroatoms. The number of carbonyl (C=O) groups excluding carboxylic acids is 1. The van der Waals surface area contributed by atoms with Crippen LogP contribution in [0.25, 0.3) is 0 Å². The zero-order valence-corrected chi connectivity index (χ0v) is 16.9. The van der Waals surface area contributed by atoms with Crippen LogP contribution in [0.3, 0.4) is 0 Å². The molecule has 2 aromatic rings. The molecule has 1 aliphatic heterocycles. The van der Waals surface area contributed by atoms with Crippen LogP contribution in [-0.4, -0.2) is 44.7 Å². The van der Waals surface area contributed by atoms with E-state index in [4.69, 9.17) is 0 Å². The second-order valence-electron chi connectivity index (χ2n) is 8.22. The highest BCUT2D eigenvalue weighted by Crippen LogP contribution is 2.45. The minimum Gasteiger partial charge on any atom is -0.350 e. The number of nitrogens with one attached hydrogen (secondary N) is 2. The molecular weight excluding hydrogens is 380 g/mol. The smallest absolute Gasteiger partial charge is 0.252 e. The van der Waals surface area contributed by atoms with Crippen LogP contribution in [-0.2, 0) is 11.3 Å². The summed E-state index contributed by atoms with van der Waals surface area (Å²) in [5, 5.41) is 10.3. The largest absolute Gasteiger partial charge is 0.350 e. The van der Waals surface area contributed by atoms with Gasteiger partial charge in [0.15, 0.2) is 5.82 Å². The van der Waals surface area contributed by atoms with Gasteiger partial charge < -0.3 is 15.5 Å². The van der Waals surface area contributed by atoms with E-state index in [9.17, 15) is 13.6 Å². The SMILES string of the molecule is Cc1nc(NCc2cnn(C3CC(F)(F)C3)c2)nc2c1NC(=O)[C@H](C(C)C)N2C. The van der Waals surface area contributed by atoms with E-state index in [1.54, 1.807) is 17.1 Å². The lowest BCUT2D eigenvalue weighted by atomic mass is 9.88. The van der Waals surface area contributed by atoms with E-state index in [0.717, 1.165) is 5.56 Å². The number of alkyl halides is 2. The van der Waals surface area contributed by atoms with Gasteiger partial charge in [0.1, 0.15) is 11.7 Å². The van der Waals surface area contributed by atoms with Gasteiger partial charge in [0, 0.05) is 38.2 Å². The molecule has 156 valence electrons. The summed E-state index contributed by atoms with van der Waals surface area (Å²) in [4.78, 5) is 23.3.